The van der Waals surface area contributed by atoms with E-state index in [1.165, 1.54) is 5.56 Å². The summed E-state index contributed by atoms with van der Waals surface area (Å²) in [6.07, 6.45) is 3.43. The van der Waals surface area contributed by atoms with Crippen molar-refractivity contribution in [3.05, 3.63) is 53.3 Å². The summed E-state index contributed by atoms with van der Waals surface area (Å²) in [5.41, 5.74) is 2.76. The molecule has 0 aliphatic carbocycles. The van der Waals surface area contributed by atoms with Crippen LogP contribution in [-0.2, 0) is 6.54 Å². The number of carbonyl (C=O) groups excluding carboxylic acids is 1. The Kier molecular flexibility index (Phi) is 4.76. The number of amides is 1. The molecular formula is C18H23N3O2. The zero-order valence-electron chi connectivity index (χ0n) is 13.5. The summed E-state index contributed by atoms with van der Waals surface area (Å²) >= 11 is 0. The molecule has 1 aromatic heterocycles. The van der Waals surface area contributed by atoms with E-state index in [1.54, 1.807) is 6.20 Å². The first kappa shape index (κ1) is 15.7. The van der Waals surface area contributed by atoms with Crippen LogP contribution in [0, 0.1) is 12.8 Å². The van der Waals surface area contributed by atoms with E-state index in [9.17, 15) is 9.90 Å². The van der Waals surface area contributed by atoms with E-state index in [0.29, 0.717) is 31.1 Å². The summed E-state index contributed by atoms with van der Waals surface area (Å²) in [5.74, 6) is 0.388. The normalized spacial score (nSPS) is 15.8. The van der Waals surface area contributed by atoms with E-state index >= 15 is 0 Å². The standard InChI is InChI=1S/C18H23N3O2/c1-14-17(18(23)20-9-7-16(13-22)8-10-20)11-19-21(14)12-15-5-3-2-4-6-15/h2-6,11,16,22H,7-10,12-13H2,1H3. The molecule has 1 saturated heterocycles. The van der Waals surface area contributed by atoms with E-state index in [4.69, 9.17) is 0 Å². The van der Waals surface area contributed by atoms with Gasteiger partial charge in [0.05, 0.1) is 18.3 Å². The van der Waals surface area contributed by atoms with Gasteiger partial charge in [-0.1, -0.05) is 30.3 Å². The van der Waals surface area contributed by atoms with Crippen molar-refractivity contribution in [3.63, 3.8) is 0 Å². The number of aromatic nitrogens is 2. The molecule has 23 heavy (non-hydrogen) atoms. The monoisotopic (exact) mass is 313 g/mol. The van der Waals surface area contributed by atoms with Gasteiger partial charge in [-0.3, -0.25) is 9.48 Å². The van der Waals surface area contributed by atoms with Gasteiger partial charge in [-0.05, 0) is 31.2 Å². The van der Waals surface area contributed by atoms with Gasteiger partial charge in [-0.2, -0.15) is 5.10 Å². The van der Waals surface area contributed by atoms with Crippen molar-refractivity contribution in [3.8, 4) is 0 Å². The van der Waals surface area contributed by atoms with Gasteiger partial charge in [0, 0.05) is 25.4 Å². The number of rotatable bonds is 4. The highest BCUT2D eigenvalue weighted by Gasteiger charge is 2.25. The average molecular weight is 313 g/mol. The zero-order chi connectivity index (χ0) is 16.2. The molecule has 1 aliphatic rings. The van der Waals surface area contributed by atoms with Crippen LogP contribution in [0.25, 0.3) is 0 Å². The Morgan fingerprint density at radius 1 is 1.26 bits per heavy atom. The minimum absolute atomic E-state index is 0.0539. The number of nitrogens with zero attached hydrogens (tertiary/aromatic N) is 3. The number of aliphatic hydroxyl groups is 1. The van der Waals surface area contributed by atoms with Crippen molar-refractivity contribution in [2.75, 3.05) is 19.7 Å². The number of likely N-dealkylation sites (tertiary alicyclic amines) is 1. The number of benzene rings is 1. The molecule has 0 atom stereocenters. The zero-order valence-corrected chi connectivity index (χ0v) is 13.5. The largest absolute Gasteiger partial charge is 0.396 e. The maximum atomic E-state index is 12.7. The van der Waals surface area contributed by atoms with Gasteiger partial charge in [0.1, 0.15) is 0 Å². The van der Waals surface area contributed by atoms with Crippen molar-refractivity contribution in [2.45, 2.75) is 26.3 Å². The van der Waals surface area contributed by atoms with Gasteiger partial charge in [-0.15, -0.1) is 0 Å². The minimum Gasteiger partial charge on any atom is -0.396 e. The molecule has 0 saturated carbocycles. The van der Waals surface area contributed by atoms with Crippen LogP contribution in [0.15, 0.2) is 36.5 Å². The van der Waals surface area contributed by atoms with Gasteiger partial charge in [-0.25, -0.2) is 0 Å². The van der Waals surface area contributed by atoms with E-state index < -0.39 is 0 Å². The third-order valence-electron chi connectivity index (χ3n) is 4.67. The highest BCUT2D eigenvalue weighted by atomic mass is 16.3. The Hall–Kier alpha value is -2.14. The molecule has 2 aromatic rings. The molecule has 0 bridgehead atoms. The fraction of sp³-hybridized carbons (Fsp3) is 0.444. The predicted octanol–water partition coefficient (Wildman–Crippen LogP) is 2.08. The van der Waals surface area contributed by atoms with Crippen LogP contribution in [-0.4, -0.2) is 45.4 Å². The molecule has 122 valence electrons. The van der Waals surface area contributed by atoms with Crippen molar-refractivity contribution in [1.82, 2.24) is 14.7 Å². The number of piperidine rings is 1. The first-order chi connectivity index (χ1) is 11.2. The molecule has 5 nitrogen and oxygen atoms in total. The Morgan fingerprint density at radius 2 is 1.96 bits per heavy atom. The molecule has 1 fully saturated rings. The number of hydrogen-bond acceptors (Lipinski definition) is 3. The van der Waals surface area contributed by atoms with Crippen molar-refractivity contribution >= 4 is 5.91 Å². The summed E-state index contributed by atoms with van der Waals surface area (Å²) in [6.45, 7) is 4.27. The molecule has 1 amide bonds. The highest BCUT2D eigenvalue weighted by molar-refractivity contribution is 5.95. The molecule has 1 N–H and O–H groups in total. The maximum Gasteiger partial charge on any atom is 0.257 e. The molecule has 0 unspecified atom stereocenters. The van der Waals surface area contributed by atoms with Gasteiger partial charge in [0.15, 0.2) is 0 Å². The number of carbonyl (C=O) groups is 1. The average Bonchev–Trinajstić information content (AvgIpc) is 2.96. The summed E-state index contributed by atoms with van der Waals surface area (Å²) in [6, 6.07) is 10.1. The second-order valence-electron chi connectivity index (χ2n) is 6.21. The summed E-state index contributed by atoms with van der Waals surface area (Å²) in [4.78, 5) is 14.6. The van der Waals surface area contributed by atoms with Crippen LogP contribution >= 0.6 is 0 Å². The maximum absolute atomic E-state index is 12.7. The molecule has 3 rings (SSSR count). The minimum atomic E-state index is 0.0539. The van der Waals surface area contributed by atoms with Gasteiger partial charge < -0.3 is 10.0 Å². The van der Waals surface area contributed by atoms with Gasteiger partial charge in [0.2, 0.25) is 0 Å². The summed E-state index contributed by atoms with van der Waals surface area (Å²) in [5, 5.41) is 13.6. The fourth-order valence-corrected chi connectivity index (χ4v) is 3.06. The van der Waals surface area contributed by atoms with Crippen molar-refractivity contribution in [2.24, 2.45) is 5.92 Å². The number of aliphatic hydroxyl groups excluding tert-OH is 1. The molecule has 1 aliphatic heterocycles. The Bertz CT molecular complexity index is 658. The predicted molar refractivity (Wildman–Crippen MR) is 88.2 cm³/mol. The topological polar surface area (TPSA) is 58.4 Å². The summed E-state index contributed by atoms with van der Waals surface area (Å²) in [7, 11) is 0. The van der Waals surface area contributed by atoms with Gasteiger partial charge >= 0.3 is 0 Å². The molecule has 2 heterocycles. The SMILES string of the molecule is Cc1c(C(=O)N2CCC(CO)CC2)cnn1Cc1ccccc1. The van der Waals surface area contributed by atoms with Gasteiger partial charge in [0.25, 0.3) is 5.91 Å². The van der Waals surface area contributed by atoms with Crippen molar-refractivity contribution < 1.29 is 9.90 Å². The first-order valence-electron chi connectivity index (χ1n) is 8.15. The quantitative estimate of drug-likeness (QED) is 0.940. The third-order valence-corrected chi connectivity index (χ3v) is 4.67. The third kappa shape index (κ3) is 3.45. The van der Waals surface area contributed by atoms with Crippen LogP contribution in [0.1, 0.15) is 34.5 Å². The molecular weight excluding hydrogens is 290 g/mol. The van der Waals surface area contributed by atoms with Crippen LogP contribution in [0.2, 0.25) is 0 Å². The van der Waals surface area contributed by atoms with Crippen LogP contribution in [0.3, 0.4) is 0 Å². The van der Waals surface area contributed by atoms with Crippen LogP contribution < -0.4 is 0 Å². The van der Waals surface area contributed by atoms with E-state index in [1.807, 2.05) is 34.7 Å². The van der Waals surface area contributed by atoms with E-state index in [2.05, 4.69) is 17.2 Å². The molecule has 1 aromatic carbocycles. The highest BCUT2D eigenvalue weighted by Crippen LogP contribution is 2.20. The van der Waals surface area contributed by atoms with Crippen LogP contribution in [0.4, 0.5) is 0 Å². The second-order valence-corrected chi connectivity index (χ2v) is 6.21. The summed E-state index contributed by atoms with van der Waals surface area (Å²) < 4.78 is 1.88. The lowest BCUT2D eigenvalue weighted by molar-refractivity contribution is 0.0650. The Labute approximate surface area is 136 Å². The smallest absolute Gasteiger partial charge is 0.257 e. The lowest BCUT2D eigenvalue weighted by atomic mass is 9.97. The Balaban J connectivity index is 1.70. The van der Waals surface area contributed by atoms with Crippen molar-refractivity contribution in [1.29, 1.82) is 0 Å². The molecule has 5 heteroatoms. The number of hydrogen-bond donors (Lipinski definition) is 1. The first-order valence-corrected chi connectivity index (χ1v) is 8.15. The molecule has 0 spiro atoms. The molecule has 0 radical (unpaired) electrons. The second kappa shape index (κ2) is 6.96. The van der Waals surface area contributed by atoms with Crippen LogP contribution in [0.5, 0.6) is 0 Å². The lowest BCUT2D eigenvalue weighted by Crippen LogP contribution is -2.39. The van der Waals surface area contributed by atoms with E-state index in [0.717, 1.165) is 18.5 Å². The lowest BCUT2D eigenvalue weighted by Gasteiger charge is -2.31. The van der Waals surface area contributed by atoms with E-state index in [-0.39, 0.29) is 12.5 Å². The fourth-order valence-electron chi connectivity index (χ4n) is 3.06. The Morgan fingerprint density at radius 3 is 2.61 bits per heavy atom.